The SMILES string of the molecule is CCCCCCl.O=S(=O)(Cl)Cl. The Morgan fingerprint density at radius 1 is 1.18 bits per heavy atom. The van der Waals surface area contributed by atoms with Gasteiger partial charge < -0.3 is 0 Å². The van der Waals surface area contributed by atoms with E-state index in [0.717, 1.165) is 5.88 Å². The third kappa shape index (κ3) is 57.7. The van der Waals surface area contributed by atoms with Crippen molar-refractivity contribution >= 4 is 41.2 Å². The first-order valence-electron chi connectivity index (χ1n) is 3.12. The average molecular weight is 242 g/mol. The first-order chi connectivity index (χ1) is 4.91. The summed E-state index contributed by atoms with van der Waals surface area (Å²) in [4.78, 5) is 0. The molecule has 0 saturated heterocycles. The summed E-state index contributed by atoms with van der Waals surface area (Å²) in [7, 11) is 4.81. The van der Waals surface area contributed by atoms with Gasteiger partial charge in [0.05, 0.1) is 0 Å². The summed E-state index contributed by atoms with van der Waals surface area (Å²) >= 11 is 5.38. The monoisotopic (exact) mass is 240 g/mol. The molecule has 6 heteroatoms. The summed E-state index contributed by atoms with van der Waals surface area (Å²) in [5, 5.41) is 0. The molecule has 0 heterocycles. The molecule has 0 aliphatic rings. The van der Waals surface area contributed by atoms with Gasteiger partial charge in [-0.15, -0.1) is 11.6 Å². The molecule has 0 aromatic heterocycles. The Labute approximate surface area is 81.7 Å². The Kier molecular flexibility index (Phi) is 11.6. The molecule has 0 aromatic carbocycles. The van der Waals surface area contributed by atoms with Crippen molar-refractivity contribution in [3.05, 3.63) is 0 Å². The molecule has 11 heavy (non-hydrogen) atoms. The third-order valence-electron chi connectivity index (χ3n) is 0.737. The van der Waals surface area contributed by atoms with E-state index in [9.17, 15) is 0 Å². The van der Waals surface area contributed by atoms with Crippen molar-refractivity contribution in [2.75, 3.05) is 5.88 Å². The first kappa shape index (κ1) is 14.3. The van der Waals surface area contributed by atoms with E-state index >= 15 is 0 Å². The van der Waals surface area contributed by atoms with Gasteiger partial charge in [0.1, 0.15) is 0 Å². The highest BCUT2D eigenvalue weighted by Gasteiger charge is 1.88. The van der Waals surface area contributed by atoms with Crippen LogP contribution >= 0.6 is 33.0 Å². The van der Waals surface area contributed by atoms with Crippen LogP contribution in [0.4, 0.5) is 0 Å². The van der Waals surface area contributed by atoms with Crippen molar-refractivity contribution in [3.8, 4) is 0 Å². The number of alkyl halides is 1. The number of rotatable bonds is 3. The maximum atomic E-state index is 9.16. The molecule has 0 unspecified atom stereocenters. The Balaban J connectivity index is 0. The molecule has 0 fully saturated rings. The lowest BCUT2D eigenvalue weighted by molar-refractivity contribution is 0.621. The summed E-state index contributed by atoms with van der Waals surface area (Å²) < 4.78 is 18.3. The molecule has 0 aromatic rings. The Morgan fingerprint density at radius 3 is 1.64 bits per heavy atom. The number of hydrogen-bond acceptors (Lipinski definition) is 2. The molecule has 0 aliphatic heterocycles. The normalized spacial score (nSPS) is 10.2. The molecular formula is C5H11Cl3O2S. The highest BCUT2D eigenvalue weighted by Crippen LogP contribution is 1.98. The van der Waals surface area contributed by atoms with Gasteiger partial charge in [0.2, 0.25) is 0 Å². The molecule has 0 aliphatic carbocycles. The second-order valence-corrected chi connectivity index (χ2v) is 5.82. The van der Waals surface area contributed by atoms with E-state index in [1.165, 1.54) is 19.3 Å². The fraction of sp³-hybridized carbons (Fsp3) is 1.00. The second-order valence-electron chi connectivity index (χ2n) is 1.77. The van der Waals surface area contributed by atoms with Gasteiger partial charge in [0, 0.05) is 27.2 Å². The molecular weight excluding hydrogens is 230 g/mol. The number of hydrogen-bond donors (Lipinski definition) is 0. The van der Waals surface area contributed by atoms with E-state index in [-0.39, 0.29) is 0 Å². The molecule has 0 saturated carbocycles. The zero-order valence-corrected chi connectivity index (χ0v) is 9.27. The summed E-state index contributed by atoms with van der Waals surface area (Å²) in [6.45, 7) is 2.17. The van der Waals surface area contributed by atoms with Crippen LogP contribution in [-0.4, -0.2) is 14.3 Å². The maximum absolute atomic E-state index is 9.16. The minimum absolute atomic E-state index is 0.827. The van der Waals surface area contributed by atoms with Gasteiger partial charge in [0.25, 0.3) is 0 Å². The van der Waals surface area contributed by atoms with Crippen LogP contribution in [0.25, 0.3) is 0 Å². The average Bonchev–Trinajstić information content (AvgIpc) is 1.79. The van der Waals surface area contributed by atoms with Crippen molar-refractivity contribution < 1.29 is 8.42 Å². The highest BCUT2D eigenvalue weighted by molar-refractivity contribution is 8.31. The van der Waals surface area contributed by atoms with Gasteiger partial charge in [-0.3, -0.25) is 0 Å². The third-order valence-corrected chi connectivity index (χ3v) is 1.00. The lowest BCUT2D eigenvalue weighted by atomic mass is 10.3. The van der Waals surface area contributed by atoms with Gasteiger partial charge in [-0.2, -0.15) is 8.42 Å². The molecule has 0 radical (unpaired) electrons. The van der Waals surface area contributed by atoms with Crippen LogP contribution in [0.1, 0.15) is 26.2 Å². The van der Waals surface area contributed by atoms with Crippen LogP contribution in [0.5, 0.6) is 0 Å². The zero-order valence-electron chi connectivity index (χ0n) is 6.19. The lowest BCUT2D eigenvalue weighted by Crippen LogP contribution is -1.70. The Hall–Kier alpha value is 0.820. The van der Waals surface area contributed by atoms with Crippen molar-refractivity contribution in [2.24, 2.45) is 0 Å². The lowest BCUT2D eigenvalue weighted by Gasteiger charge is -1.84. The summed E-state index contributed by atoms with van der Waals surface area (Å²) in [5.74, 6) is 0.827. The van der Waals surface area contributed by atoms with Crippen LogP contribution in [0.2, 0.25) is 0 Å². The van der Waals surface area contributed by atoms with Gasteiger partial charge in [0.15, 0.2) is 0 Å². The van der Waals surface area contributed by atoms with Crippen molar-refractivity contribution in [2.45, 2.75) is 26.2 Å². The molecule has 0 spiro atoms. The van der Waals surface area contributed by atoms with Gasteiger partial charge in [-0.05, 0) is 6.42 Å². The van der Waals surface area contributed by atoms with Gasteiger partial charge >= 0.3 is 8.26 Å². The van der Waals surface area contributed by atoms with Gasteiger partial charge in [-0.25, -0.2) is 0 Å². The largest absolute Gasteiger partial charge is 0.317 e. The zero-order chi connectivity index (χ0) is 9.33. The van der Waals surface area contributed by atoms with Crippen molar-refractivity contribution in [3.63, 3.8) is 0 Å². The fourth-order valence-corrected chi connectivity index (χ4v) is 0.533. The smallest absolute Gasteiger partial charge is 0.195 e. The fourth-order valence-electron chi connectivity index (χ4n) is 0.344. The molecule has 2 nitrogen and oxygen atoms in total. The van der Waals surface area contributed by atoms with E-state index in [1.54, 1.807) is 0 Å². The van der Waals surface area contributed by atoms with E-state index < -0.39 is 8.26 Å². The van der Waals surface area contributed by atoms with Crippen molar-refractivity contribution in [1.82, 2.24) is 0 Å². The summed E-state index contributed by atoms with van der Waals surface area (Å²) in [5.41, 5.74) is 0. The minimum Gasteiger partial charge on any atom is -0.195 e. The molecule has 0 atom stereocenters. The van der Waals surface area contributed by atoms with E-state index in [0.29, 0.717) is 0 Å². The van der Waals surface area contributed by atoms with Crippen LogP contribution in [0.3, 0.4) is 0 Å². The topological polar surface area (TPSA) is 34.1 Å². The van der Waals surface area contributed by atoms with Crippen LogP contribution in [-0.2, 0) is 8.26 Å². The van der Waals surface area contributed by atoms with Crippen LogP contribution in [0, 0.1) is 0 Å². The Bertz CT molecular complexity index is 143. The molecule has 0 bridgehead atoms. The maximum Gasteiger partial charge on any atom is 0.317 e. The minimum atomic E-state index is -3.72. The molecule has 70 valence electrons. The second kappa shape index (κ2) is 8.91. The predicted molar refractivity (Wildman–Crippen MR) is 50.9 cm³/mol. The highest BCUT2D eigenvalue weighted by atomic mass is 36.0. The molecule has 0 rings (SSSR count). The summed E-state index contributed by atoms with van der Waals surface area (Å²) in [6.07, 6.45) is 3.73. The van der Waals surface area contributed by atoms with Gasteiger partial charge in [-0.1, -0.05) is 19.8 Å². The predicted octanol–water partition coefficient (Wildman–Crippen LogP) is 3.12. The molecule has 0 N–H and O–H groups in total. The van der Waals surface area contributed by atoms with E-state index in [4.69, 9.17) is 20.0 Å². The number of unbranched alkanes of at least 4 members (excludes halogenated alkanes) is 2. The van der Waals surface area contributed by atoms with Crippen molar-refractivity contribution in [1.29, 1.82) is 0 Å². The van der Waals surface area contributed by atoms with E-state index in [1.807, 2.05) is 0 Å². The first-order valence-corrected chi connectivity index (χ1v) is 6.79. The molecule has 0 amide bonds. The van der Waals surface area contributed by atoms with Crippen LogP contribution in [0.15, 0.2) is 0 Å². The number of halogens is 3. The quantitative estimate of drug-likeness (QED) is 0.432. The van der Waals surface area contributed by atoms with E-state index in [2.05, 4.69) is 28.3 Å². The standard InChI is InChI=1S/C5H11Cl.Cl2O2S/c1-2-3-4-5-6;1-5(2,3)4/h2-5H2,1H3;. The van der Waals surface area contributed by atoms with Crippen LogP contribution < -0.4 is 0 Å². The Morgan fingerprint density at radius 2 is 1.55 bits per heavy atom. The summed E-state index contributed by atoms with van der Waals surface area (Å²) in [6, 6.07) is 0.